The summed E-state index contributed by atoms with van der Waals surface area (Å²) in [5.74, 6) is 1.05. The summed E-state index contributed by atoms with van der Waals surface area (Å²) in [6.45, 7) is 3.03. The van der Waals surface area contributed by atoms with E-state index in [4.69, 9.17) is 4.74 Å². The van der Waals surface area contributed by atoms with Gasteiger partial charge in [0, 0.05) is 18.0 Å². The number of fused-ring (bicyclic) bond motifs is 1. The van der Waals surface area contributed by atoms with E-state index in [9.17, 15) is 0 Å². The van der Waals surface area contributed by atoms with Crippen LogP contribution in [0.25, 0.3) is 0 Å². The molecule has 17 heavy (non-hydrogen) atoms. The van der Waals surface area contributed by atoms with Crippen molar-refractivity contribution in [2.24, 2.45) is 0 Å². The average molecular weight is 234 g/mol. The summed E-state index contributed by atoms with van der Waals surface area (Å²) >= 11 is 0. The highest BCUT2D eigenvalue weighted by molar-refractivity contribution is 5.37. The van der Waals surface area contributed by atoms with E-state index in [1.165, 1.54) is 12.0 Å². The first-order valence-electron chi connectivity index (χ1n) is 6.37. The predicted octanol–water partition coefficient (Wildman–Crippen LogP) is 2.05. The molecule has 94 valence electrons. The smallest absolute Gasteiger partial charge is 0.124 e. The van der Waals surface area contributed by atoms with Crippen LogP contribution in [0.2, 0.25) is 0 Å². The number of rotatable bonds is 5. The summed E-state index contributed by atoms with van der Waals surface area (Å²) in [5.41, 5.74) is 1.31. The number of para-hydroxylation sites is 1. The van der Waals surface area contributed by atoms with Gasteiger partial charge in [-0.25, -0.2) is 0 Å². The minimum absolute atomic E-state index is 0.460. The molecule has 1 aromatic carbocycles. The Kier molecular flexibility index (Phi) is 4.40. The van der Waals surface area contributed by atoms with Gasteiger partial charge >= 0.3 is 0 Å². The van der Waals surface area contributed by atoms with Gasteiger partial charge in [-0.05, 0) is 39.7 Å². The Morgan fingerprint density at radius 2 is 2.18 bits per heavy atom. The molecule has 0 amide bonds. The van der Waals surface area contributed by atoms with Gasteiger partial charge in [-0.3, -0.25) is 0 Å². The zero-order chi connectivity index (χ0) is 12.1. The van der Waals surface area contributed by atoms with Gasteiger partial charge in [0.2, 0.25) is 0 Å². The molecule has 0 saturated heterocycles. The quantitative estimate of drug-likeness (QED) is 0.789. The fourth-order valence-corrected chi connectivity index (χ4v) is 2.23. The molecule has 3 heteroatoms. The molecule has 2 rings (SSSR count). The first-order valence-corrected chi connectivity index (χ1v) is 6.37. The van der Waals surface area contributed by atoms with E-state index in [0.29, 0.717) is 6.04 Å². The Labute approximate surface area is 104 Å². The number of nitrogens with zero attached hydrogens (tertiary/aromatic N) is 1. The SMILES string of the molecule is CN(C)CCCNC1CCOc2ccccc21. The standard InChI is InChI=1S/C14H22N2O/c1-16(2)10-5-9-15-13-8-11-17-14-7-4-3-6-12(13)14/h3-4,6-7,13,15H,5,8-11H2,1-2H3. The number of benzene rings is 1. The highest BCUT2D eigenvalue weighted by atomic mass is 16.5. The van der Waals surface area contributed by atoms with Crippen molar-refractivity contribution in [3.05, 3.63) is 29.8 Å². The highest BCUT2D eigenvalue weighted by Gasteiger charge is 2.19. The second-order valence-electron chi connectivity index (χ2n) is 4.84. The zero-order valence-corrected chi connectivity index (χ0v) is 10.8. The maximum absolute atomic E-state index is 5.65. The molecule has 1 atom stereocenters. The van der Waals surface area contributed by atoms with Crippen molar-refractivity contribution in [1.82, 2.24) is 10.2 Å². The van der Waals surface area contributed by atoms with Crippen molar-refractivity contribution in [2.75, 3.05) is 33.8 Å². The Hall–Kier alpha value is -1.06. The van der Waals surface area contributed by atoms with Crippen molar-refractivity contribution in [2.45, 2.75) is 18.9 Å². The van der Waals surface area contributed by atoms with E-state index in [1.54, 1.807) is 0 Å². The summed E-state index contributed by atoms with van der Waals surface area (Å²) in [6.07, 6.45) is 2.26. The molecule has 0 aromatic heterocycles. The minimum atomic E-state index is 0.460. The van der Waals surface area contributed by atoms with Crippen molar-refractivity contribution < 1.29 is 4.74 Å². The molecule has 1 N–H and O–H groups in total. The van der Waals surface area contributed by atoms with Gasteiger partial charge in [0.1, 0.15) is 5.75 Å². The van der Waals surface area contributed by atoms with Gasteiger partial charge in [-0.1, -0.05) is 18.2 Å². The lowest BCUT2D eigenvalue weighted by atomic mass is 10.0. The minimum Gasteiger partial charge on any atom is -0.493 e. The number of hydrogen-bond donors (Lipinski definition) is 1. The fraction of sp³-hybridized carbons (Fsp3) is 0.571. The lowest BCUT2D eigenvalue weighted by Crippen LogP contribution is -2.29. The van der Waals surface area contributed by atoms with E-state index in [-0.39, 0.29) is 0 Å². The molecule has 0 saturated carbocycles. The van der Waals surface area contributed by atoms with E-state index in [1.807, 2.05) is 6.07 Å². The maximum atomic E-state index is 5.65. The largest absolute Gasteiger partial charge is 0.493 e. The van der Waals surface area contributed by atoms with Crippen molar-refractivity contribution >= 4 is 0 Å². The van der Waals surface area contributed by atoms with Gasteiger partial charge in [0.25, 0.3) is 0 Å². The van der Waals surface area contributed by atoms with Crippen LogP contribution < -0.4 is 10.1 Å². The van der Waals surface area contributed by atoms with E-state index in [2.05, 4.69) is 42.5 Å². The molecule has 0 radical (unpaired) electrons. The lowest BCUT2D eigenvalue weighted by Gasteiger charge is -2.27. The molecule has 3 nitrogen and oxygen atoms in total. The topological polar surface area (TPSA) is 24.5 Å². The van der Waals surface area contributed by atoms with Gasteiger partial charge in [0.15, 0.2) is 0 Å². The number of ether oxygens (including phenoxy) is 1. The Morgan fingerprint density at radius 3 is 3.00 bits per heavy atom. The fourth-order valence-electron chi connectivity index (χ4n) is 2.23. The normalized spacial score (nSPS) is 18.9. The Balaban J connectivity index is 1.86. The summed E-state index contributed by atoms with van der Waals surface area (Å²) in [4.78, 5) is 2.22. The third-order valence-electron chi connectivity index (χ3n) is 3.13. The van der Waals surface area contributed by atoms with Crippen LogP contribution in [0, 0.1) is 0 Å². The Morgan fingerprint density at radius 1 is 1.35 bits per heavy atom. The summed E-state index contributed by atoms with van der Waals surface area (Å²) < 4.78 is 5.65. The lowest BCUT2D eigenvalue weighted by molar-refractivity contribution is 0.251. The van der Waals surface area contributed by atoms with Crippen LogP contribution in [-0.4, -0.2) is 38.7 Å². The van der Waals surface area contributed by atoms with Crippen LogP contribution in [0.1, 0.15) is 24.4 Å². The van der Waals surface area contributed by atoms with E-state index < -0.39 is 0 Å². The molecule has 1 unspecified atom stereocenters. The van der Waals surface area contributed by atoms with E-state index in [0.717, 1.165) is 31.9 Å². The monoisotopic (exact) mass is 234 g/mol. The summed E-state index contributed by atoms with van der Waals surface area (Å²) in [5, 5.41) is 3.63. The van der Waals surface area contributed by atoms with Crippen molar-refractivity contribution in [1.29, 1.82) is 0 Å². The van der Waals surface area contributed by atoms with Crippen LogP contribution >= 0.6 is 0 Å². The van der Waals surface area contributed by atoms with Gasteiger partial charge in [-0.2, -0.15) is 0 Å². The molecule has 0 spiro atoms. The van der Waals surface area contributed by atoms with Gasteiger partial charge in [0.05, 0.1) is 6.61 Å². The van der Waals surface area contributed by atoms with Gasteiger partial charge < -0.3 is 15.0 Å². The van der Waals surface area contributed by atoms with Crippen LogP contribution in [0.3, 0.4) is 0 Å². The molecule has 0 aliphatic carbocycles. The second kappa shape index (κ2) is 6.03. The molecule has 0 fully saturated rings. The molecule has 1 aliphatic rings. The Bertz CT molecular complexity index is 352. The maximum Gasteiger partial charge on any atom is 0.124 e. The number of hydrogen-bond acceptors (Lipinski definition) is 3. The third kappa shape index (κ3) is 3.45. The average Bonchev–Trinajstić information content (AvgIpc) is 2.34. The summed E-state index contributed by atoms with van der Waals surface area (Å²) in [6, 6.07) is 8.80. The third-order valence-corrected chi connectivity index (χ3v) is 3.13. The molecule has 1 aliphatic heterocycles. The second-order valence-corrected chi connectivity index (χ2v) is 4.84. The van der Waals surface area contributed by atoms with Crippen LogP contribution in [0.5, 0.6) is 5.75 Å². The first-order chi connectivity index (χ1) is 8.27. The zero-order valence-electron chi connectivity index (χ0n) is 10.8. The summed E-state index contributed by atoms with van der Waals surface area (Å²) in [7, 11) is 4.23. The van der Waals surface area contributed by atoms with Crippen molar-refractivity contribution in [3.8, 4) is 5.75 Å². The van der Waals surface area contributed by atoms with E-state index >= 15 is 0 Å². The molecule has 1 heterocycles. The van der Waals surface area contributed by atoms with Crippen LogP contribution in [0.15, 0.2) is 24.3 Å². The number of nitrogens with one attached hydrogen (secondary N) is 1. The highest BCUT2D eigenvalue weighted by Crippen LogP contribution is 2.31. The molecular formula is C14H22N2O. The van der Waals surface area contributed by atoms with Crippen LogP contribution in [-0.2, 0) is 0 Å². The molecule has 1 aromatic rings. The van der Waals surface area contributed by atoms with Gasteiger partial charge in [-0.15, -0.1) is 0 Å². The van der Waals surface area contributed by atoms with Crippen molar-refractivity contribution in [3.63, 3.8) is 0 Å². The molecular weight excluding hydrogens is 212 g/mol. The van der Waals surface area contributed by atoms with Crippen LogP contribution in [0.4, 0.5) is 0 Å². The predicted molar refractivity (Wildman–Crippen MR) is 70.5 cm³/mol. The molecule has 0 bridgehead atoms. The first kappa shape index (κ1) is 12.4.